The summed E-state index contributed by atoms with van der Waals surface area (Å²) in [6.45, 7) is 0. The number of carbonyl (C=O) groups excluding carboxylic acids is 2. The molecule has 0 spiro atoms. The lowest BCUT2D eigenvalue weighted by Crippen LogP contribution is -2.41. The zero-order chi connectivity index (χ0) is 20.6. The van der Waals surface area contributed by atoms with Gasteiger partial charge in [0.25, 0.3) is 5.91 Å². The average Bonchev–Trinajstić information content (AvgIpc) is 2.75. The van der Waals surface area contributed by atoms with Crippen molar-refractivity contribution in [1.29, 1.82) is 0 Å². The number of anilines is 1. The lowest BCUT2D eigenvalue weighted by Gasteiger charge is -2.29. The fourth-order valence-corrected chi connectivity index (χ4v) is 3.37. The van der Waals surface area contributed by atoms with Gasteiger partial charge in [-0.15, -0.1) is 0 Å². The van der Waals surface area contributed by atoms with Gasteiger partial charge in [-0.3, -0.25) is 4.79 Å². The maximum Gasteiger partial charge on any atom is 0.319 e. The maximum absolute atomic E-state index is 12.2. The number of amides is 3. The Morgan fingerprint density at radius 2 is 1.52 bits per heavy atom. The molecule has 1 saturated carbocycles. The number of benzene rings is 2. The van der Waals surface area contributed by atoms with E-state index in [0.717, 1.165) is 42.9 Å². The van der Waals surface area contributed by atoms with Crippen molar-refractivity contribution in [2.75, 3.05) is 19.5 Å². The molecule has 1 fully saturated rings. The quantitative estimate of drug-likeness (QED) is 0.695. The van der Waals surface area contributed by atoms with Crippen LogP contribution in [-0.4, -0.2) is 38.2 Å². The molecule has 0 bridgehead atoms. The lowest BCUT2D eigenvalue weighted by atomic mass is 9.93. The van der Waals surface area contributed by atoms with Crippen LogP contribution < -0.4 is 25.4 Å². The molecule has 1 aliphatic rings. The van der Waals surface area contributed by atoms with E-state index in [0.29, 0.717) is 5.56 Å². The second kappa shape index (κ2) is 9.82. The van der Waals surface area contributed by atoms with Crippen LogP contribution in [0.25, 0.3) is 0 Å². The number of urea groups is 1. The molecule has 29 heavy (non-hydrogen) atoms. The first-order valence-corrected chi connectivity index (χ1v) is 9.77. The third-order valence-electron chi connectivity index (χ3n) is 5.00. The zero-order valence-electron chi connectivity index (χ0n) is 16.7. The summed E-state index contributed by atoms with van der Waals surface area (Å²) >= 11 is 0. The molecular weight excluding hydrogens is 370 g/mol. The Labute approximate surface area is 170 Å². The van der Waals surface area contributed by atoms with Gasteiger partial charge in [-0.05, 0) is 74.2 Å². The van der Waals surface area contributed by atoms with Gasteiger partial charge < -0.3 is 25.4 Å². The van der Waals surface area contributed by atoms with Gasteiger partial charge >= 0.3 is 6.03 Å². The number of hydrogen-bond acceptors (Lipinski definition) is 4. The molecule has 0 atom stereocenters. The second-order valence-corrected chi connectivity index (χ2v) is 7.02. The van der Waals surface area contributed by atoms with Gasteiger partial charge in [0.15, 0.2) is 0 Å². The molecule has 0 saturated heterocycles. The summed E-state index contributed by atoms with van der Waals surface area (Å²) in [4.78, 5) is 23.8. The highest BCUT2D eigenvalue weighted by Crippen LogP contribution is 2.24. The number of rotatable bonds is 6. The van der Waals surface area contributed by atoms with Crippen LogP contribution in [0.3, 0.4) is 0 Å². The van der Waals surface area contributed by atoms with E-state index in [-0.39, 0.29) is 24.1 Å². The van der Waals surface area contributed by atoms with Crippen molar-refractivity contribution in [2.24, 2.45) is 0 Å². The summed E-state index contributed by atoms with van der Waals surface area (Å²) in [6, 6.07) is 14.3. The van der Waals surface area contributed by atoms with E-state index in [1.54, 1.807) is 50.6 Å². The molecule has 2 aromatic rings. The molecule has 0 unspecified atom stereocenters. The molecule has 7 heteroatoms. The fourth-order valence-electron chi connectivity index (χ4n) is 3.37. The van der Waals surface area contributed by atoms with Crippen LogP contribution in [0.1, 0.15) is 36.0 Å². The van der Waals surface area contributed by atoms with Gasteiger partial charge in [-0.25, -0.2) is 4.79 Å². The summed E-state index contributed by atoms with van der Waals surface area (Å²) in [7, 11) is 3.21. The van der Waals surface area contributed by atoms with Crippen LogP contribution in [0.5, 0.6) is 11.5 Å². The fraction of sp³-hybridized carbons (Fsp3) is 0.364. The first kappa shape index (κ1) is 20.5. The number of nitrogens with one attached hydrogen (secondary N) is 3. The first-order valence-electron chi connectivity index (χ1n) is 9.77. The molecular formula is C22H27N3O4. The van der Waals surface area contributed by atoms with Gasteiger partial charge in [0.05, 0.1) is 13.2 Å². The van der Waals surface area contributed by atoms with Gasteiger partial charge in [0.2, 0.25) is 0 Å². The highest BCUT2D eigenvalue weighted by molar-refractivity contribution is 5.94. The van der Waals surface area contributed by atoms with Crippen LogP contribution in [0.15, 0.2) is 48.5 Å². The zero-order valence-corrected chi connectivity index (χ0v) is 16.7. The maximum atomic E-state index is 12.2. The summed E-state index contributed by atoms with van der Waals surface area (Å²) in [5.74, 6) is 1.39. The molecule has 0 aromatic heterocycles. The van der Waals surface area contributed by atoms with Crippen LogP contribution in [0.4, 0.5) is 10.5 Å². The van der Waals surface area contributed by atoms with E-state index in [1.807, 2.05) is 12.1 Å². The van der Waals surface area contributed by atoms with Crippen molar-refractivity contribution in [3.8, 4) is 11.5 Å². The largest absolute Gasteiger partial charge is 0.497 e. The van der Waals surface area contributed by atoms with E-state index in [9.17, 15) is 9.59 Å². The first-order chi connectivity index (χ1) is 14.1. The Hall–Kier alpha value is -3.22. The van der Waals surface area contributed by atoms with E-state index in [2.05, 4.69) is 16.0 Å². The van der Waals surface area contributed by atoms with Gasteiger partial charge in [-0.2, -0.15) is 0 Å². The molecule has 3 N–H and O–H groups in total. The highest BCUT2D eigenvalue weighted by Gasteiger charge is 2.23. The van der Waals surface area contributed by atoms with Crippen molar-refractivity contribution in [1.82, 2.24) is 10.6 Å². The Bertz CT molecular complexity index is 813. The minimum atomic E-state index is -0.204. The normalized spacial score (nSPS) is 18.4. The van der Waals surface area contributed by atoms with E-state index in [1.165, 1.54) is 0 Å². The number of carbonyl (C=O) groups is 2. The predicted octanol–water partition coefficient (Wildman–Crippen LogP) is 3.57. The second-order valence-electron chi connectivity index (χ2n) is 7.02. The van der Waals surface area contributed by atoms with Crippen molar-refractivity contribution < 1.29 is 19.1 Å². The Balaban J connectivity index is 1.41. The highest BCUT2D eigenvalue weighted by atomic mass is 16.5. The summed E-state index contributed by atoms with van der Waals surface area (Å²) in [5, 5.41) is 8.46. The summed E-state index contributed by atoms with van der Waals surface area (Å²) in [6.07, 6.45) is 3.56. The topological polar surface area (TPSA) is 88.7 Å². The molecule has 0 aliphatic heterocycles. The van der Waals surface area contributed by atoms with Gasteiger partial charge in [-0.1, -0.05) is 0 Å². The van der Waals surface area contributed by atoms with Crippen LogP contribution >= 0.6 is 0 Å². The molecule has 3 amide bonds. The molecule has 7 nitrogen and oxygen atoms in total. The van der Waals surface area contributed by atoms with Crippen molar-refractivity contribution in [3.05, 3.63) is 54.1 Å². The van der Waals surface area contributed by atoms with Crippen LogP contribution in [-0.2, 0) is 0 Å². The van der Waals surface area contributed by atoms with Crippen molar-refractivity contribution in [2.45, 2.75) is 37.8 Å². The minimum Gasteiger partial charge on any atom is -0.497 e. The van der Waals surface area contributed by atoms with Crippen molar-refractivity contribution in [3.63, 3.8) is 0 Å². The molecule has 3 rings (SSSR count). The standard InChI is InChI=1S/C22H27N3O4/c1-23-21(26)15-3-9-19(10-4-15)29-20-13-7-17(8-14-20)25-22(27)24-16-5-11-18(28-2)12-6-16/h3-6,9-12,17,20H,7-8,13-14H2,1-2H3,(H,23,26)(H2,24,25,27)/t17-,20+. The van der Waals surface area contributed by atoms with Crippen molar-refractivity contribution >= 4 is 17.6 Å². The number of hydrogen-bond donors (Lipinski definition) is 3. The lowest BCUT2D eigenvalue weighted by molar-refractivity contribution is 0.0963. The average molecular weight is 397 g/mol. The minimum absolute atomic E-state index is 0.114. The smallest absolute Gasteiger partial charge is 0.319 e. The summed E-state index contributed by atoms with van der Waals surface area (Å²) in [5.41, 5.74) is 1.33. The third-order valence-corrected chi connectivity index (χ3v) is 5.00. The summed E-state index contributed by atoms with van der Waals surface area (Å²) < 4.78 is 11.1. The molecule has 0 radical (unpaired) electrons. The van der Waals surface area contributed by atoms with E-state index >= 15 is 0 Å². The Morgan fingerprint density at radius 1 is 0.897 bits per heavy atom. The van der Waals surface area contributed by atoms with Gasteiger partial charge in [0, 0.05) is 24.3 Å². The van der Waals surface area contributed by atoms with Gasteiger partial charge in [0.1, 0.15) is 11.5 Å². The SMILES string of the molecule is CNC(=O)c1ccc(O[C@H]2CC[C@@H](NC(=O)Nc3ccc(OC)cc3)CC2)cc1. The molecule has 154 valence electrons. The third kappa shape index (κ3) is 5.88. The van der Waals surface area contributed by atoms with Crippen LogP contribution in [0.2, 0.25) is 0 Å². The molecule has 1 aliphatic carbocycles. The Morgan fingerprint density at radius 3 is 2.10 bits per heavy atom. The van der Waals surface area contributed by atoms with Crippen LogP contribution in [0, 0.1) is 0 Å². The Kier molecular flexibility index (Phi) is 6.94. The molecule has 0 heterocycles. The monoisotopic (exact) mass is 397 g/mol. The molecule has 2 aromatic carbocycles. The number of methoxy groups -OCH3 is 1. The van der Waals surface area contributed by atoms with E-state index < -0.39 is 0 Å². The number of ether oxygens (including phenoxy) is 2. The predicted molar refractivity (Wildman–Crippen MR) is 112 cm³/mol. The van der Waals surface area contributed by atoms with E-state index in [4.69, 9.17) is 9.47 Å².